The average molecular weight is 306 g/mol. The minimum absolute atomic E-state index is 0.184. The number of hydrogen-bond acceptors (Lipinski definition) is 4. The van der Waals surface area contributed by atoms with Crippen LogP contribution in [0.25, 0.3) is 28.1 Å². The number of para-hydroxylation sites is 1. The fraction of sp³-hybridized carbons (Fsp3) is 0.111. The van der Waals surface area contributed by atoms with Crippen LogP contribution in [0.5, 0.6) is 5.75 Å². The van der Waals surface area contributed by atoms with Crippen LogP contribution in [0.3, 0.4) is 0 Å². The zero-order chi connectivity index (χ0) is 16.0. The molecular weight excluding hydrogens is 292 g/mol. The summed E-state index contributed by atoms with van der Waals surface area (Å²) in [5.41, 5.74) is 2.64. The van der Waals surface area contributed by atoms with Crippen LogP contribution in [0.1, 0.15) is 5.56 Å². The molecule has 0 fully saturated rings. The van der Waals surface area contributed by atoms with Crippen LogP contribution >= 0.6 is 0 Å². The van der Waals surface area contributed by atoms with Gasteiger partial charge < -0.3 is 9.15 Å². The largest absolute Gasteiger partial charge is 0.497 e. The molecule has 0 aliphatic carbocycles. The van der Waals surface area contributed by atoms with E-state index < -0.39 is 0 Å². The Labute approximate surface area is 132 Å². The van der Waals surface area contributed by atoms with Gasteiger partial charge in [0.15, 0.2) is 0 Å². The Morgan fingerprint density at radius 2 is 1.96 bits per heavy atom. The Balaban J connectivity index is 2.01. The molecule has 0 saturated heterocycles. The lowest BCUT2D eigenvalue weighted by molar-refractivity contribution is 0.414. The van der Waals surface area contributed by atoms with Crippen molar-refractivity contribution in [1.82, 2.24) is 9.78 Å². The van der Waals surface area contributed by atoms with Gasteiger partial charge in [-0.15, -0.1) is 5.10 Å². The van der Waals surface area contributed by atoms with E-state index in [1.165, 1.54) is 4.68 Å². The molecule has 5 heteroatoms. The molecule has 0 radical (unpaired) electrons. The first-order valence-corrected chi connectivity index (χ1v) is 7.24. The number of aromatic nitrogens is 2. The van der Waals surface area contributed by atoms with E-state index in [-0.39, 0.29) is 5.56 Å². The third-order valence-electron chi connectivity index (χ3n) is 3.91. The summed E-state index contributed by atoms with van der Waals surface area (Å²) in [5.74, 6) is 1.01. The van der Waals surface area contributed by atoms with Crippen LogP contribution in [0.15, 0.2) is 57.7 Å². The van der Waals surface area contributed by atoms with E-state index in [0.717, 1.165) is 16.6 Å². The fourth-order valence-electron chi connectivity index (χ4n) is 2.67. The van der Waals surface area contributed by atoms with Crippen molar-refractivity contribution in [3.63, 3.8) is 0 Å². The normalized spacial score (nSPS) is 11.2. The van der Waals surface area contributed by atoms with Crippen molar-refractivity contribution in [2.75, 3.05) is 7.11 Å². The standard InChI is InChI=1S/C18H14N2O3/c1-11-5-3-4-6-15(11)20-18(21)14-9-12-7-8-13(22-2)10-16(12)23-17(14)19-20/h3-10H,1-2H3. The van der Waals surface area contributed by atoms with E-state index in [1.54, 1.807) is 19.2 Å². The molecule has 2 aromatic rings. The molecule has 4 rings (SSSR count). The molecule has 2 aromatic carbocycles. The highest BCUT2D eigenvalue weighted by molar-refractivity contribution is 5.83. The second-order valence-electron chi connectivity index (χ2n) is 5.37. The monoisotopic (exact) mass is 306 g/mol. The minimum atomic E-state index is -0.184. The van der Waals surface area contributed by atoms with E-state index in [0.29, 0.717) is 22.8 Å². The molecule has 114 valence electrons. The van der Waals surface area contributed by atoms with Crippen molar-refractivity contribution >= 4 is 11.0 Å². The summed E-state index contributed by atoms with van der Waals surface area (Å²) in [5, 5.41) is 5.18. The van der Waals surface area contributed by atoms with Crippen LogP contribution in [0.4, 0.5) is 0 Å². The van der Waals surface area contributed by atoms with E-state index in [2.05, 4.69) is 5.10 Å². The Morgan fingerprint density at radius 1 is 1.13 bits per heavy atom. The molecule has 0 bridgehead atoms. The summed E-state index contributed by atoms with van der Waals surface area (Å²) in [7, 11) is 1.60. The van der Waals surface area contributed by atoms with Crippen LogP contribution < -0.4 is 10.3 Å². The van der Waals surface area contributed by atoms with Crippen molar-refractivity contribution in [2.24, 2.45) is 0 Å². The molecule has 0 aromatic heterocycles. The van der Waals surface area contributed by atoms with Crippen LogP contribution in [0.2, 0.25) is 0 Å². The quantitative estimate of drug-likeness (QED) is 0.569. The zero-order valence-corrected chi connectivity index (χ0v) is 12.7. The maximum atomic E-state index is 12.7. The molecule has 2 aliphatic rings. The summed E-state index contributed by atoms with van der Waals surface area (Å²) in [4.78, 5) is 12.7. The lowest BCUT2D eigenvalue weighted by Gasteiger charge is -2.03. The zero-order valence-electron chi connectivity index (χ0n) is 12.7. The summed E-state index contributed by atoms with van der Waals surface area (Å²) in [6.45, 7) is 1.94. The molecule has 2 aliphatic heterocycles. The highest BCUT2D eigenvalue weighted by Gasteiger charge is 2.20. The molecule has 23 heavy (non-hydrogen) atoms. The topological polar surface area (TPSA) is 57.3 Å². The Bertz CT molecular complexity index is 1050. The SMILES string of the molecule is COc1ccc2cc3c(=O)n(-c4ccccc4C)nc-3oc2c1. The number of fused-ring (bicyclic) bond motifs is 2. The first-order chi connectivity index (χ1) is 11.2. The molecule has 0 amide bonds. The Kier molecular flexibility index (Phi) is 2.94. The number of methoxy groups -OCH3 is 1. The maximum Gasteiger partial charge on any atom is 0.284 e. The van der Waals surface area contributed by atoms with E-state index in [9.17, 15) is 4.79 Å². The summed E-state index contributed by atoms with van der Waals surface area (Å²) < 4.78 is 12.4. The number of hydrogen-bond donors (Lipinski definition) is 0. The summed E-state index contributed by atoms with van der Waals surface area (Å²) >= 11 is 0. The number of benzene rings is 2. The third-order valence-corrected chi connectivity index (χ3v) is 3.91. The van der Waals surface area contributed by atoms with Gasteiger partial charge in [0.2, 0.25) is 5.89 Å². The minimum Gasteiger partial charge on any atom is -0.497 e. The highest BCUT2D eigenvalue weighted by atomic mass is 16.5. The molecule has 2 heterocycles. The van der Waals surface area contributed by atoms with Gasteiger partial charge in [-0.05, 0) is 36.8 Å². The van der Waals surface area contributed by atoms with Gasteiger partial charge in [-0.2, -0.15) is 4.68 Å². The smallest absolute Gasteiger partial charge is 0.284 e. The second-order valence-corrected chi connectivity index (χ2v) is 5.37. The van der Waals surface area contributed by atoms with Gasteiger partial charge in [-0.1, -0.05) is 18.2 Å². The van der Waals surface area contributed by atoms with Crippen molar-refractivity contribution in [1.29, 1.82) is 0 Å². The average Bonchev–Trinajstić information content (AvgIpc) is 2.89. The maximum absolute atomic E-state index is 12.7. The molecule has 0 N–H and O–H groups in total. The Morgan fingerprint density at radius 3 is 2.74 bits per heavy atom. The van der Waals surface area contributed by atoms with Gasteiger partial charge in [0, 0.05) is 11.5 Å². The van der Waals surface area contributed by atoms with E-state index in [4.69, 9.17) is 9.15 Å². The first kappa shape index (κ1) is 13.6. The molecule has 5 nitrogen and oxygen atoms in total. The van der Waals surface area contributed by atoms with Gasteiger partial charge >= 0.3 is 0 Å². The van der Waals surface area contributed by atoms with Crippen molar-refractivity contribution in [2.45, 2.75) is 6.92 Å². The predicted octanol–water partition coefficient (Wildman–Crippen LogP) is 3.40. The highest BCUT2D eigenvalue weighted by Crippen LogP contribution is 2.28. The molecule has 0 unspecified atom stereocenters. The van der Waals surface area contributed by atoms with E-state index in [1.807, 2.05) is 43.3 Å². The van der Waals surface area contributed by atoms with Gasteiger partial charge in [-0.25, -0.2) is 0 Å². The number of rotatable bonds is 2. The van der Waals surface area contributed by atoms with Crippen LogP contribution in [-0.2, 0) is 0 Å². The summed E-state index contributed by atoms with van der Waals surface area (Å²) in [6, 6.07) is 14.9. The van der Waals surface area contributed by atoms with Crippen molar-refractivity contribution in [3.8, 4) is 22.9 Å². The van der Waals surface area contributed by atoms with Gasteiger partial charge in [0.1, 0.15) is 16.9 Å². The fourth-order valence-corrected chi connectivity index (χ4v) is 2.67. The lowest BCUT2D eigenvalue weighted by Crippen LogP contribution is -2.15. The number of nitrogens with zero attached hydrogens (tertiary/aromatic N) is 2. The lowest BCUT2D eigenvalue weighted by atomic mass is 10.1. The van der Waals surface area contributed by atoms with Gasteiger partial charge in [-0.3, -0.25) is 4.79 Å². The molecule has 0 atom stereocenters. The first-order valence-electron chi connectivity index (χ1n) is 7.24. The van der Waals surface area contributed by atoms with Crippen LogP contribution in [-0.4, -0.2) is 16.9 Å². The Hall–Kier alpha value is -3.08. The molecular formula is C18H14N2O3. The number of aryl methyl sites for hydroxylation is 1. The van der Waals surface area contributed by atoms with Crippen LogP contribution in [0, 0.1) is 6.92 Å². The summed E-state index contributed by atoms with van der Waals surface area (Å²) in [6.07, 6.45) is 0. The van der Waals surface area contributed by atoms with Crippen molar-refractivity contribution < 1.29 is 9.15 Å². The van der Waals surface area contributed by atoms with Gasteiger partial charge in [0.25, 0.3) is 5.56 Å². The third kappa shape index (κ3) is 2.09. The predicted molar refractivity (Wildman–Crippen MR) is 87.5 cm³/mol. The van der Waals surface area contributed by atoms with Crippen molar-refractivity contribution in [3.05, 3.63) is 64.4 Å². The van der Waals surface area contributed by atoms with Gasteiger partial charge in [0.05, 0.1) is 12.8 Å². The molecule has 0 spiro atoms. The molecule has 0 saturated carbocycles. The second kappa shape index (κ2) is 4.98. The van der Waals surface area contributed by atoms with E-state index >= 15 is 0 Å². The number of ether oxygens (including phenoxy) is 1.